The van der Waals surface area contributed by atoms with Gasteiger partial charge in [0.2, 0.25) is 0 Å². The summed E-state index contributed by atoms with van der Waals surface area (Å²) in [6.45, 7) is 3.44. The Morgan fingerprint density at radius 2 is 1.69 bits per heavy atom. The van der Waals surface area contributed by atoms with Gasteiger partial charge in [-0.3, -0.25) is 4.79 Å². The van der Waals surface area contributed by atoms with E-state index in [-0.39, 0.29) is 11.3 Å². The van der Waals surface area contributed by atoms with Crippen molar-refractivity contribution >= 4 is 27.4 Å². The molecule has 0 aliphatic carbocycles. The molecule has 0 unspecified atom stereocenters. The minimum atomic E-state index is -3.14. The highest BCUT2D eigenvalue weighted by Crippen LogP contribution is 2.16. The minimum absolute atomic E-state index is 0.0966. The molecule has 1 N–H and O–H groups in total. The summed E-state index contributed by atoms with van der Waals surface area (Å²) in [7, 11) is -3.14. The fourth-order valence-corrected chi connectivity index (χ4v) is 3.19. The van der Waals surface area contributed by atoms with Crippen LogP contribution in [0.25, 0.3) is 0 Å². The predicted octanol–water partition coefficient (Wildman–Crippen LogP) is 2.64. The molecule has 0 fully saturated rings. The standard InChI is InChI=1S/C19H21NO5S/c1-13-4-9-17(14(2)10-13)20-18(21)11-25-19(22)16-7-5-15(6-8-16)12-26(3,23)24/h4-10H,11-12H2,1-3H3,(H,20,21). The largest absolute Gasteiger partial charge is 0.452 e. The summed E-state index contributed by atoms with van der Waals surface area (Å²) in [4.78, 5) is 23.9. The van der Waals surface area contributed by atoms with Crippen molar-refractivity contribution in [3.63, 3.8) is 0 Å². The molecule has 0 radical (unpaired) electrons. The van der Waals surface area contributed by atoms with Gasteiger partial charge in [0.05, 0.1) is 11.3 Å². The van der Waals surface area contributed by atoms with E-state index in [0.717, 1.165) is 17.4 Å². The molecule has 2 rings (SSSR count). The molecule has 0 heterocycles. The number of esters is 1. The van der Waals surface area contributed by atoms with E-state index in [1.807, 2.05) is 26.0 Å². The summed E-state index contributed by atoms with van der Waals surface area (Å²) in [5, 5.41) is 2.70. The summed E-state index contributed by atoms with van der Waals surface area (Å²) < 4.78 is 27.5. The summed E-state index contributed by atoms with van der Waals surface area (Å²) in [5.41, 5.74) is 3.51. The van der Waals surface area contributed by atoms with Crippen LogP contribution in [0.4, 0.5) is 5.69 Å². The van der Waals surface area contributed by atoms with E-state index < -0.39 is 28.3 Å². The molecule has 0 aliphatic heterocycles. The van der Waals surface area contributed by atoms with Crippen molar-refractivity contribution in [2.45, 2.75) is 19.6 Å². The van der Waals surface area contributed by atoms with E-state index in [0.29, 0.717) is 11.3 Å². The molecule has 0 bridgehead atoms. The van der Waals surface area contributed by atoms with Gasteiger partial charge in [0, 0.05) is 11.9 Å². The Balaban J connectivity index is 1.90. The van der Waals surface area contributed by atoms with Crippen LogP contribution in [0.3, 0.4) is 0 Å². The second-order valence-electron chi connectivity index (χ2n) is 6.21. The number of hydrogen-bond donors (Lipinski definition) is 1. The third kappa shape index (κ3) is 6.00. The van der Waals surface area contributed by atoms with Gasteiger partial charge in [0.25, 0.3) is 5.91 Å². The molecular weight excluding hydrogens is 354 g/mol. The van der Waals surface area contributed by atoms with Crippen LogP contribution < -0.4 is 5.32 Å². The molecule has 0 atom stereocenters. The van der Waals surface area contributed by atoms with E-state index in [1.165, 1.54) is 12.1 Å². The second kappa shape index (κ2) is 8.14. The van der Waals surface area contributed by atoms with Crippen molar-refractivity contribution in [1.82, 2.24) is 0 Å². The van der Waals surface area contributed by atoms with Gasteiger partial charge >= 0.3 is 5.97 Å². The molecular formula is C19H21NO5S. The topological polar surface area (TPSA) is 89.5 Å². The zero-order valence-corrected chi connectivity index (χ0v) is 15.7. The van der Waals surface area contributed by atoms with E-state index in [2.05, 4.69) is 5.32 Å². The SMILES string of the molecule is Cc1ccc(NC(=O)COC(=O)c2ccc(CS(C)(=O)=O)cc2)c(C)c1. The van der Waals surface area contributed by atoms with Crippen LogP contribution in [0.2, 0.25) is 0 Å². The van der Waals surface area contributed by atoms with Crippen LogP contribution in [0.15, 0.2) is 42.5 Å². The summed E-state index contributed by atoms with van der Waals surface area (Å²) in [5.74, 6) is -1.17. The average molecular weight is 375 g/mol. The number of rotatable bonds is 6. The Bertz CT molecular complexity index is 917. The zero-order valence-electron chi connectivity index (χ0n) is 14.9. The molecule has 0 aromatic heterocycles. The van der Waals surface area contributed by atoms with E-state index in [9.17, 15) is 18.0 Å². The first-order chi connectivity index (χ1) is 12.1. The lowest BCUT2D eigenvalue weighted by Crippen LogP contribution is -2.21. The maximum Gasteiger partial charge on any atom is 0.338 e. The number of aryl methyl sites for hydroxylation is 2. The summed E-state index contributed by atoms with van der Waals surface area (Å²) in [6.07, 6.45) is 1.14. The summed E-state index contributed by atoms with van der Waals surface area (Å²) >= 11 is 0. The molecule has 0 aliphatic rings. The molecule has 2 aromatic carbocycles. The molecule has 0 spiro atoms. The van der Waals surface area contributed by atoms with Crippen LogP contribution in [-0.4, -0.2) is 33.2 Å². The van der Waals surface area contributed by atoms with Crippen LogP contribution >= 0.6 is 0 Å². The van der Waals surface area contributed by atoms with Gasteiger partial charge < -0.3 is 10.1 Å². The van der Waals surface area contributed by atoms with E-state index in [1.54, 1.807) is 18.2 Å². The maximum atomic E-state index is 12.0. The Morgan fingerprint density at radius 3 is 2.27 bits per heavy atom. The minimum Gasteiger partial charge on any atom is -0.452 e. The quantitative estimate of drug-likeness (QED) is 0.784. The second-order valence-corrected chi connectivity index (χ2v) is 8.35. The number of nitrogens with one attached hydrogen (secondary N) is 1. The fraction of sp³-hybridized carbons (Fsp3) is 0.263. The number of carbonyl (C=O) groups excluding carboxylic acids is 2. The lowest BCUT2D eigenvalue weighted by atomic mass is 10.1. The fourth-order valence-electron chi connectivity index (χ4n) is 2.39. The molecule has 2 aromatic rings. The van der Waals surface area contributed by atoms with Gasteiger partial charge in [-0.25, -0.2) is 13.2 Å². The Kier molecular flexibility index (Phi) is 6.15. The average Bonchev–Trinajstić information content (AvgIpc) is 2.54. The predicted molar refractivity (Wildman–Crippen MR) is 99.8 cm³/mol. The normalized spacial score (nSPS) is 11.0. The lowest BCUT2D eigenvalue weighted by molar-refractivity contribution is -0.119. The smallest absolute Gasteiger partial charge is 0.338 e. The van der Waals surface area contributed by atoms with Crippen LogP contribution in [0.5, 0.6) is 0 Å². The van der Waals surface area contributed by atoms with Crippen molar-refractivity contribution < 1.29 is 22.7 Å². The van der Waals surface area contributed by atoms with Crippen LogP contribution in [0, 0.1) is 13.8 Å². The monoisotopic (exact) mass is 375 g/mol. The molecule has 6 nitrogen and oxygen atoms in total. The first-order valence-electron chi connectivity index (χ1n) is 7.95. The van der Waals surface area contributed by atoms with Crippen molar-refractivity contribution in [1.29, 1.82) is 0 Å². The van der Waals surface area contributed by atoms with Crippen molar-refractivity contribution in [2.24, 2.45) is 0 Å². The van der Waals surface area contributed by atoms with Crippen LogP contribution in [0.1, 0.15) is 27.0 Å². The van der Waals surface area contributed by atoms with Crippen molar-refractivity contribution in [2.75, 3.05) is 18.2 Å². The van der Waals surface area contributed by atoms with E-state index >= 15 is 0 Å². The number of ether oxygens (including phenoxy) is 1. The van der Waals surface area contributed by atoms with Crippen molar-refractivity contribution in [3.05, 3.63) is 64.7 Å². The molecule has 1 amide bonds. The summed E-state index contributed by atoms with van der Waals surface area (Å²) in [6, 6.07) is 11.7. The number of benzene rings is 2. The highest BCUT2D eigenvalue weighted by atomic mass is 32.2. The molecule has 7 heteroatoms. The molecule has 26 heavy (non-hydrogen) atoms. The Morgan fingerprint density at radius 1 is 1.04 bits per heavy atom. The van der Waals surface area contributed by atoms with Crippen molar-refractivity contribution in [3.8, 4) is 0 Å². The van der Waals surface area contributed by atoms with Crippen LogP contribution in [-0.2, 0) is 25.1 Å². The first kappa shape index (κ1) is 19.7. The molecule has 0 saturated carbocycles. The third-order valence-corrected chi connectivity index (χ3v) is 4.47. The van der Waals surface area contributed by atoms with E-state index in [4.69, 9.17) is 4.74 Å². The van der Waals surface area contributed by atoms with Gasteiger partial charge in [-0.2, -0.15) is 0 Å². The number of anilines is 1. The van der Waals surface area contributed by atoms with Gasteiger partial charge in [-0.15, -0.1) is 0 Å². The van der Waals surface area contributed by atoms with Gasteiger partial charge in [-0.05, 0) is 43.2 Å². The Labute approximate surface area is 153 Å². The van der Waals surface area contributed by atoms with Gasteiger partial charge in [-0.1, -0.05) is 29.8 Å². The number of carbonyl (C=O) groups is 2. The van der Waals surface area contributed by atoms with Gasteiger partial charge in [0.1, 0.15) is 0 Å². The number of sulfone groups is 1. The molecule has 0 saturated heterocycles. The first-order valence-corrected chi connectivity index (χ1v) is 10.0. The van der Waals surface area contributed by atoms with Gasteiger partial charge in [0.15, 0.2) is 16.4 Å². The highest BCUT2D eigenvalue weighted by Gasteiger charge is 2.12. The molecule has 138 valence electrons. The number of amides is 1. The number of hydrogen-bond acceptors (Lipinski definition) is 5. The Hall–Kier alpha value is -2.67. The third-order valence-electron chi connectivity index (χ3n) is 3.61. The highest BCUT2D eigenvalue weighted by molar-refractivity contribution is 7.89. The zero-order chi connectivity index (χ0) is 19.3. The lowest BCUT2D eigenvalue weighted by Gasteiger charge is -2.10. The maximum absolute atomic E-state index is 12.0.